The van der Waals surface area contributed by atoms with Crippen molar-refractivity contribution in [3.8, 4) is 0 Å². The molecule has 1 atom stereocenters. The molecule has 1 aliphatic heterocycles. The van der Waals surface area contributed by atoms with Crippen LogP contribution in [-0.4, -0.2) is 36.5 Å². The van der Waals surface area contributed by atoms with Gasteiger partial charge in [0.1, 0.15) is 0 Å². The molecule has 6 nitrogen and oxygen atoms in total. The molecule has 0 aliphatic carbocycles. The molecule has 2 rings (SSSR count). The number of rotatable bonds is 3. The van der Waals surface area contributed by atoms with E-state index in [4.69, 9.17) is 11.5 Å². The predicted octanol–water partition coefficient (Wildman–Crippen LogP) is 1.10. The summed E-state index contributed by atoms with van der Waals surface area (Å²) < 4.78 is 0. The van der Waals surface area contributed by atoms with E-state index in [2.05, 4.69) is 5.32 Å². The van der Waals surface area contributed by atoms with Crippen molar-refractivity contribution in [2.45, 2.75) is 19.8 Å². The molecule has 1 aromatic carbocycles. The van der Waals surface area contributed by atoms with Crippen molar-refractivity contribution in [3.63, 3.8) is 0 Å². The van der Waals surface area contributed by atoms with Crippen LogP contribution in [0.15, 0.2) is 18.2 Å². The molecule has 1 aliphatic rings. The number of aryl methyl sites for hydroxylation is 1. The number of anilines is 1. The minimum absolute atomic E-state index is 0.00331. The van der Waals surface area contributed by atoms with Gasteiger partial charge in [-0.1, -0.05) is 6.07 Å². The number of urea groups is 1. The number of nitrogens with zero attached hydrogens (tertiary/aromatic N) is 1. The van der Waals surface area contributed by atoms with Gasteiger partial charge in [-0.15, -0.1) is 0 Å². The Morgan fingerprint density at radius 2 is 2.19 bits per heavy atom. The first-order chi connectivity index (χ1) is 9.97. The van der Waals surface area contributed by atoms with Crippen LogP contribution in [0.1, 0.15) is 28.8 Å². The second-order valence-electron chi connectivity index (χ2n) is 5.58. The summed E-state index contributed by atoms with van der Waals surface area (Å²) in [6.07, 6.45) is 1.91. The van der Waals surface area contributed by atoms with Gasteiger partial charge in [0.15, 0.2) is 0 Å². The summed E-state index contributed by atoms with van der Waals surface area (Å²) in [6.45, 7) is 3.78. The molecule has 1 aromatic rings. The normalized spacial score (nSPS) is 18.3. The van der Waals surface area contributed by atoms with Gasteiger partial charge in [0.05, 0.1) is 0 Å². The summed E-state index contributed by atoms with van der Waals surface area (Å²) in [5.74, 6) is 0.250. The van der Waals surface area contributed by atoms with Crippen molar-refractivity contribution in [1.82, 2.24) is 10.2 Å². The topological polar surface area (TPSA) is 101 Å². The summed E-state index contributed by atoms with van der Waals surface area (Å²) in [4.78, 5) is 25.2. The number of nitrogens with one attached hydrogen (secondary N) is 1. The number of carbonyl (C=O) groups is 2. The zero-order valence-electron chi connectivity index (χ0n) is 12.3. The van der Waals surface area contributed by atoms with Crippen LogP contribution in [-0.2, 0) is 0 Å². The SMILES string of the molecule is Cc1ccc(N)cc1C(=O)N1CCCC(CNC(N)=O)C1. The van der Waals surface area contributed by atoms with Crippen LogP contribution in [0.4, 0.5) is 10.5 Å². The number of benzene rings is 1. The third-order valence-corrected chi connectivity index (χ3v) is 3.86. The smallest absolute Gasteiger partial charge is 0.312 e. The van der Waals surface area contributed by atoms with Gasteiger partial charge in [0.2, 0.25) is 0 Å². The average molecular weight is 290 g/mol. The van der Waals surface area contributed by atoms with E-state index < -0.39 is 6.03 Å². The fraction of sp³-hybridized carbons (Fsp3) is 0.467. The lowest BCUT2D eigenvalue weighted by Gasteiger charge is -2.33. The average Bonchev–Trinajstić information content (AvgIpc) is 2.47. The molecule has 0 radical (unpaired) electrons. The zero-order chi connectivity index (χ0) is 15.4. The summed E-state index contributed by atoms with van der Waals surface area (Å²) in [6, 6.07) is 4.86. The van der Waals surface area contributed by atoms with Gasteiger partial charge in [0.25, 0.3) is 5.91 Å². The van der Waals surface area contributed by atoms with E-state index in [9.17, 15) is 9.59 Å². The molecule has 5 N–H and O–H groups in total. The Balaban J connectivity index is 2.05. The van der Waals surface area contributed by atoms with Crippen molar-refractivity contribution in [3.05, 3.63) is 29.3 Å². The van der Waals surface area contributed by atoms with Crippen molar-refractivity contribution in [1.29, 1.82) is 0 Å². The van der Waals surface area contributed by atoms with Gasteiger partial charge < -0.3 is 21.7 Å². The Labute approximate surface area is 124 Å². The lowest BCUT2D eigenvalue weighted by atomic mass is 9.96. The zero-order valence-corrected chi connectivity index (χ0v) is 12.3. The maximum absolute atomic E-state index is 12.6. The van der Waals surface area contributed by atoms with Gasteiger partial charge in [-0.25, -0.2) is 4.79 Å². The number of amides is 3. The summed E-state index contributed by atoms with van der Waals surface area (Å²) in [5, 5.41) is 2.62. The second-order valence-corrected chi connectivity index (χ2v) is 5.58. The lowest BCUT2D eigenvalue weighted by molar-refractivity contribution is 0.0674. The lowest BCUT2D eigenvalue weighted by Crippen LogP contribution is -2.44. The van der Waals surface area contributed by atoms with Gasteiger partial charge in [-0.2, -0.15) is 0 Å². The molecule has 1 heterocycles. The highest BCUT2D eigenvalue weighted by atomic mass is 16.2. The monoisotopic (exact) mass is 290 g/mol. The Morgan fingerprint density at radius 3 is 2.90 bits per heavy atom. The number of carbonyl (C=O) groups excluding carboxylic acids is 2. The van der Waals surface area contributed by atoms with E-state index in [1.165, 1.54) is 0 Å². The van der Waals surface area contributed by atoms with Crippen LogP contribution in [0.5, 0.6) is 0 Å². The van der Waals surface area contributed by atoms with Crippen LogP contribution in [0.25, 0.3) is 0 Å². The molecule has 0 bridgehead atoms. The molecule has 0 saturated carbocycles. The Kier molecular flexibility index (Phi) is 4.67. The van der Waals surface area contributed by atoms with Crippen LogP contribution in [0, 0.1) is 12.8 Å². The molecule has 1 fully saturated rings. The van der Waals surface area contributed by atoms with Gasteiger partial charge in [-0.05, 0) is 43.4 Å². The molecule has 1 saturated heterocycles. The first kappa shape index (κ1) is 15.2. The van der Waals surface area contributed by atoms with E-state index in [1.807, 2.05) is 17.9 Å². The standard InChI is InChI=1S/C15H22N4O2/c1-10-4-5-12(16)7-13(10)14(20)19-6-2-3-11(9-19)8-18-15(17)21/h4-5,7,11H,2-3,6,8-9,16H2,1H3,(H3,17,18,21). The maximum Gasteiger partial charge on any atom is 0.312 e. The highest BCUT2D eigenvalue weighted by Gasteiger charge is 2.25. The Hall–Kier alpha value is -2.24. The van der Waals surface area contributed by atoms with E-state index >= 15 is 0 Å². The summed E-state index contributed by atoms with van der Waals surface area (Å²) in [7, 11) is 0. The third-order valence-electron chi connectivity index (χ3n) is 3.86. The summed E-state index contributed by atoms with van der Waals surface area (Å²) in [5.41, 5.74) is 13.0. The van der Waals surface area contributed by atoms with Gasteiger partial charge in [-0.3, -0.25) is 4.79 Å². The van der Waals surface area contributed by atoms with Crippen LogP contribution in [0.2, 0.25) is 0 Å². The highest BCUT2D eigenvalue weighted by Crippen LogP contribution is 2.21. The molecule has 21 heavy (non-hydrogen) atoms. The quantitative estimate of drug-likeness (QED) is 0.726. The molecular weight excluding hydrogens is 268 g/mol. The molecule has 0 aromatic heterocycles. The first-order valence-corrected chi connectivity index (χ1v) is 7.16. The number of primary amides is 1. The minimum atomic E-state index is -0.523. The molecule has 3 amide bonds. The van der Waals surface area contributed by atoms with Crippen LogP contribution in [0.3, 0.4) is 0 Å². The Morgan fingerprint density at radius 1 is 1.43 bits per heavy atom. The number of likely N-dealkylation sites (tertiary alicyclic amines) is 1. The third kappa shape index (κ3) is 3.87. The van der Waals surface area contributed by atoms with Crippen molar-refractivity contribution >= 4 is 17.6 Å². The van der Waals surface area contributed by atoms with E-state index in [0.29, 0.717) is 24.3 Å². The predicted molar refractivity (Wildman–Crippen MR) is 81.8 cm³/mol. The number of nitrogen functional groups attached to an aromatic ring is 1. The molecule has 114 valence electrons. The van der Waals surface area contributed by atoms with Crippen molar-refractivity contribution in [2.75, 3.05) is 25.4 Å². The van der Waals surface area contributed by atoms with Crippen molar-refractivity contribution < 1.29 is 9.59 Å². The van der Waals surface area contributed by atoms with Crippen LogP contribution < -0.4 is 16.8 Å². The first-order valence-electron chi connectivity index (χ1n) is 7.16. The van der Waals surface area contributed by atoms with Crippen molar-refractivity contribution in [2.24, 2.45) is 11.7 Å². The number of piperidine rings is 1. The molecular formula is C15H22N4O2. The van der Waals surface area contributed by atoms with E-state index in [1.54, 1.807) is 12.1 Å². The largest absolute Gasteiger partial charge is 0.399 e. The number of nitrogens with two attached hydrogens (primary N) is 2. The summed E-state index contributed by atoms with van der Waals surface area (Å²) >= 11 is 0. The fourth-order valence-electron chi connectivity index (χ4n) is 2.70. The van der Waals surface area contributed by atoms with E-state index in [-0.39, 0.29) is 11.8 Å². The highest BCUT2D eigenvalue weighted by molar-refractivity contribution is 5.96. The van der Waals surface area contributed by atoms with Gasteiger partial charge >= 0.3 is 6.03 Å². The van der Waals surface area contributed by atoms with E-state index in [0.717, 1.165) is 24.9 Å². The molecule has 1 unspecified atom stereocenters. The minimum Gasteiger partial charge on any atom is -0.399 e. The van der Waals surface area contributed by atoms with Crippen LogP contribution >= 0.6 is 0 Å². The molecule has 6 heteroatoms. The maximum atomic E-state index is 12.6. The fourth-order valence-corrected chi connectivity index (χ4v) is 2.70. The number of hydrogen-bond donors (Lipinski definition) is 3. The second kappa shape index (κ2) is 6.47. The Bertz CT molecular complexity index is 544. The van der Waals surface area contributed by atoms with Gasteiger partial charge in [0, 0.05) is 30.9 Å². The molecule has 0 spiro atoms. The number of hydrogen-bond acceptors (Lipinski definition) is 3.